The molecule has 0 aromatic carbocycles. The van der Waals surface area contributed by atoms with E-state index in [9.17, 15) is 4.21 Å². The molecule has 6 heteroatoms. The molecule has 0 unspecified atom stereocenters. The number of rotatable bonds is 1. The molecule has 0 radical (unpaired) electrons. The summed E-state index contributed by atoms with van der Waals surface area (Å²) in [6, 6.07) is 3.57. The summed E-state index contributed by atoms with van der Waals surface area (Å²) in [4.78, 5) is 2.08. The lowest BCUT2D eigenvalue weighted by Gasteiger charge is -2.26. The van der Waals surface area contributed by atoms with Crippen molar-refractivity contribution in [3.63, 3.8) is 0 Å². The Kier molecular flexibility index (Phi) is 2.62. The summed E-state index contributed by atoms with van der Waals surface area (Å²) in [6.07, 6.45) is 0. The number of hydrogen-bond acceptors (Lipinski definition) is 5. The van der Waals surface area contributed by atoms with Gasteiger partial charge in [0.05, 0.1) is 0 Å². The van der Waals surface area contributed by atoms with E-state index in [-0.39, 0.29) is 0 Å². The van der Waals surface area contributed by atoms with Crippen molar-refractivity contribution < 1.29 is 4.21 Å². The van der Waals surface area contributed by atoms with E-state index in [4.69, 9.17) is 5.73 Å². The predicted molar refractivity (Wildman–Crippen MR) is 56.5 cm³/mol. The summed E-state index contributed by atoms with van der Waals surface area (Å²) in [5.41, 5.74) is 5.44. The van der Waals surface area contributed by atoms with E-state index in [1.54, 1.807) is 6.07 Å². The first-order valence-electron chi connectivity index (χ1n) is 4.45. The summed E-state index contributed by atoms with van der Waals surface area (Å²) in [5.74, 6) is 2.67. The van der Waals surface area contributed by atoms with Gasteiger partial charge < -0.3 is 10.6 Å². The molecular weight excluding hydrogens is 200 g/mol. The zero-order chi connectivity index (χ0) is 9.97. The molecule has 2 rings (SSSR count). The number of hydrogen-bond donors (Lipinski definition) is 1. The van der Waals surface area contributed by atoms with Gasteiger partial charge in [0.2, 0.25) is 0 Å². The lowest BCUT2D eigenvalue weighted by atomic mass is 10.4. The van der Waals surface area contributed by atoms with Gasteiger partial charge in [-0.2, -0.15) is 0 Å². The van der Waals surface area contributed by atoms with Gasteiger partial charge in [-0.3, -0.25) is 4.21 Å². The Morgan fingerprint density at radius 1 is 1.29 bits per heavy atom. The molecule has 0 aliphatic carbocycles. The molecule has 0 amide bonds. The second-order valence-electron chi connectivity index (χ2n) is 3.15. The van der Waals surface area contributed by atoms with E-state index in [0.29, 0.717) is 17.3 Å². The lowest BCUT2D eigenvalue weighted by molar-refractivity contribution is 0.672. The van der Waals surface area contributed by atoms with Crippen LogP contribution in [-0.4, -0.2) is 39.0 Å². The minimum absolute atomic E-state index is 0.425. The minimum Gasteiger partial charge on any atom is -0.382 e. The highest BCUT2D eigenvalue weighted by atomic mass is 32.2. The van der Waals surface area contributed by atoms with Crippen LogP contribution in [0, 0.1) is 0 Å². The van der Waals surface area contributed by atoms with Crippen molar-refractivity contribution in [3.05, 3.63) is 12.1 Å². The van der Waals surface area contributed by atoms with Gasteiger partial charge in [-0.25, -0.2) is 0 Å². The van der Waals surface area contributed by atoms with E-state index in [2.05, 4.69) is 15.1 Å². The third-order valence-electron chi connectivity index (χ3n) is 2.17. The van der Waals surface area contributed by atoms with Crippen molar-refractivity contribution in [1.82, 2.24) is 10.2 Å². The largest absolute Gasteiger partial charge is 0.382 e. The molecule has 1 aliphatic heterocycles. The van der Waals surface area contributed by atoms with Gasteiger partial charge in [0.25, 0.3) is 0 Å². The van der Waals surface area contributed by atoms with Gasteiger partial charge in [-0.05, 0) is 12.1 Å². The zero-order valence-corrected chi connectivity index (χ0v) is 8.54. The third kappa shape index (κ3) is 2.01. The van der Waals surface area contributed by atoms with E-state index >= 15 is 0 Å². The lowest BCUT2D eigenvalue weighted by Crippen LogP contribution is -2.38. The van der Waals surface area contributed by atoms with Crippen molar-refractivity contribution >= 4 is 22.4 Å². The van der Waals surface area contributed by atoms with Crippen LogP contribution in [0.15, 0.2) is 12.1 Å². The summed E-state index contributed by atoms with van der Waals surface area (Å²) >= 11 is 0. The van der Waals surface area contributed by atoms with Crippen LogP contribution in [0.5, 0.6) is 0 Å². The molecule has 1 aliphatic rings. The van der Waals surface area contributed by atoms with Gasteiger partial charge in [-0.15, -0.1) is 10.2 Å². The summed E-state index contributed by atoms with van der Waals surface area (Å²) < 4.78 is 11.1. The molecule has 1 fully saturated rings. The first-order valence-corrected chi connectivity index (χ1v) is 5.93. The molecule has 0 spiro atoms. The SMILES string of the molecule is Nc1ccc(N2CCS(=O)CC2)nn1. The molecule has 14 heavy (non-hydrogen) atoms. The monoisotopic (exact) mass is 212 g/mol. The highest BCUT2D eigenvalue weighted by Gasteiger charge is 2.16. The minimum atomic E-state index is -0.654. The average Bonchev–Trinajstić information content (AvgIpc) is 2.21. The Balaban J connectivity index is 2.08. The van der Waals surface area contributed by atoms with Crippen LogP contribution in [0.3, 0.4) is 0 Å². The molecule has 0 bridgehead atoms. The molecule has 76 valence electrons. The first kappa shape index (κ1) is 9.39. The first-order chi connectivity index (χ1) is 6.75. The predicted octanol–water partition coefficient (Wildman–Crippen LogP) is -0.373. The van der Waals surface area contributed by atoms with Crippen LogP contribution in [-0.2, 0) is 10.8 Å². The van der Waals surface area contributed by atoms with Gasteiger partial charge >= 0.3 is 0 Å². The summed E-state index contributed by atoms with van der Waals surface area (Å²) in [6.45, 7) is 1.57. The fourth-order valence-electron chi connectivity index (χ4n) is 1.37. The third-order valence-corrected chi connectivity index (χ3v) is 3.45. The van der Waals surface area contributed by atoms with Crippen molar-refractivity contribution in [2.24, 2.45) is 0 Å². The van der Waals surface area contributed by atoms with E-state index in [1.165, 1.54) is 0 Å². The van der Waals surface area contributed by atoms with Crippen molar-refractivity contribution in [2.45, 2.75) is 0 Å². The fourth-order valence-corrected chi connectivity index (χ4v) is 2.42. The maximum atomic E-state index is 11.1. The van der Waals surface area contributed by atoms with Gasteiger partial charge in [-0.1, -0.05) is 0 Å². The smallest absolute Gasteiger partial charge is 0.151 e. The van der Waals surface area contributed by atoms with Gasteiger partial charge in [0, 0.05) is 35.4 Å². The molecule has 1 aromatic heterocycles. The molecule has 2 N–H and O–H groups in total. The van der Waals surface area contributed by atoms with Crippen LogP contribution < -0.4 is 10.6 Å². The van der Waals surface area contributed by atoms with E-state index in [0.717, 1.165) is 18.9 Å². The maximum absolute atomic E-state index is 11.1. The topological polar surface area (TPSA) is 72.1 Å². The zero-order valence-electron chi connectivity index (χ0n) is 7.72. The molecule has 0 saturated carbocycles. The molecule has 1 aromatic rings. The highest BCUT2D eigenvalue weighted by molar-refractivity contribution is 7.85. The molecule has 5 nitrogen and oxygen atoms in total. The van der Waals surface area contributed by atoms with Crippen LogP contribution >= 0.6 is 0 Å². The summed E-state index contributed by atoms with van der Waals surface area (Å²) in [5, 5.41) is 7.76. The Labute approximate surface area is 84.8 Å². The molecule has 1 saturated heterocycles. The number of nitrogen functional groups attached to an aromatic ring is 1. The summed E-state index contributed by atoms with van der Waals surface area (Å²) in [7, 11) is -0.654. The Bertz CT molecular complexity index is 330. The van der Waals surface area contributed by atoms with Crippen LogP contribution in [0.2, 0.25) is 0 Å². The standard InChI is InChI=1S/C8H12N4OS/c9-7-1-2-8(11-10-7)12-3-5-14(13)6-4-12/h1-2H,3-6H2,(H2,9,10). The number of nitrogens with zero attached hydrogens (tertiary/aromatic N) is 3. The van der Waals surface area contributed by atoms with Crippen LogP contribution in [0.25, 0.3) is 0 Å². The van der Waals surface area contributed by atoms with Gasteiger partial charge in [0.1, 0.15) is 5.82 Å². The molecular formula is C8H12N4OS. The second kappa shape index (κ2) is 3.91. The average molecular weight is 212 g/mol. The van der Waals surface area contributed by atoms with Gasteiger partial charge in [0.15, 0.2) is 5.82 Å². The van der Waals surface area contributed by atoms with Crippen molar-refractivity contribution in [3.8, 4) is 0 Å². The molecule has 0 atom stereocenters. The Morgan fingerprint density at radius 2 is 2.00 bits per heavy atom. The quantitative estimate of drug-likeness (QED) is 0.687. The Morgan fingerprint density at radius 3 is 2.57 bits per heavy atom. The highest BCUT2D eigenvalue weighted by Crippen LogP contribution is 2.12. The number of aromatic nitrogens is 2. The van der Waals surface area contributed by atoms with E-state index in [1.807, 2.05) is 6.07 Å². The fraction of sp³-hybridized carbons (Fsp3) is 0.500. The molecule has 2 heterocycles. The van der Waals surface area contributed by atoms with Crippen molar-refractivity contribution in [2.75, 3.05) is 35.2 Å². The Hall–Kier alpha value is -1.17. The maximum Gasteiger partial charge on any atom is 0.151 e. The number of anilines is 2. The normalized spacial score (nSPS) is 18.4. The van der Waals surface area contributed by atoms with Crippen LogP contribution in [0.1, 0.15) is 0 Å². The second-order valence-corrected chi connectivity index (χ2v) is 4.85. The number of nitrogens with two attached hydrogens (primary N) is 1. The van der Waals surface area contributed by atoms with Crippen LogP contribution in [0.4, 0.5) is 11.6 Å². The van der Waals surface area contributed by atoms with E-state index < -0.39 is 10.8 Å². The van der Waals surface area contributed by atoms with Crippen molar-refractivity contribution in [1.29, 1.82) is 0 Å².